The van der Waals surface area contributed by atoms with E-state index in [2.05, 4.69) is 63.4 Å². The minimum absolute atomic E-state index is 0.209. The molecule has 1 aliphatic heterocycles. The van der Waals surface area contributed by atoms with Crippen molar-refractivity contribution in [1.29, 1.82) is 0 Å². The smallest absolute Gasteiger partial charge is 0.278 e. The van der Waals surface area contributed by atoms with E-state index in [9.17, 15) is 4.79 Å². The molecule has 0 amide bonds. The maximum atomic E-state index is 13.3. The Hall–Kier alpha value is -4.68. The molecule has 0 unspecified atom stereocenters. The predicted octanol–water partition coefficient (Wildman–Crippen LogP) is 1.66. The molecule has 0 radical (unpaired) electrons. The molecule has 5 rings (SSSR count). The van der Waals surface area contributed by atoms with Gasteiger partial charge in [-0.1, -0.05) is 18.2 Å². The number of nitrogens with one attached hydrogen (secondary N) is 2. The molecule has 2 aromatic heterocycles. The summed E-state index contributed by atoms with van der Waals surface area (Å²) in [6.07, 6.45) is 3.21. The number of aryl methyl sites for hydroxylation is 1. The first-order valence-electron chi connectivity index (χ1n) is 12.7. The number of nitrogens with zero attached hydrogens (tertiary/aromatic N) is 7. The number of amidine groups is 1. The normalized spacial score (nSPS) is 14.5. The number of nitrogens with two attached hydrogens (primary N) is 2. The molecule has 0 aliphatic carbocycles. The molecule has 202 valence electrons. The summed E-state index contributed by atoms with van der Waals surface area (Å²) in [5.74, 6) is 5.88. The molecule has 4 aromatic rings. The minimum Gasteiger partial charge on any atom is -0.382 e. The van der Waals surface area contributed by atoms with E-state index in [0.29, 0.717) is 28.2 Å². The highest BCUT2D eigenvalue weighted by molar-refractivity contribution is 5.97. The second kappa shape index (κ2) is 11.0. The van der Waals surface area contributed by atoms with Crippen molar-refractivity contribution in [2.45, 2.75) is 13.5 Å². The van der Waals surface area contributed by atoms with E-state index in [1.54, 1.807) is 27.7 Å². The third-order valence-corrected chi connectivity index (χ3v) is 6.85. The first kappa shape index (κ1) is 25.9. The van der Waals surface area contributed by atoms with Gasteiger partial charge in [0.1, 0.15) is 5.39 Å². The second-order valence-corrected chi connectivity index (χ2v) is 9.51. The molecule has 1 aliphatic rings. The van der Waals surface area contributed by atoms with Gasteiger partial charge < -0.3 is 20.9 Å². The van der Waals surface area contributed by atoms with Crippen LogP contribution in [0, 0.1) is 6.92 Å². The summed E-state index contributed by atoms with van der Waals surface area (Å²) < 4.78 is 3.29. The summed E-state index contributed by atoms with van der Waals surface area (Å²) in [4.78, 5) is 27.2. The van der Waals surface area contributed by atoms with E-state index in [0.717, 1.165) is 31.9 Å². The third kappa shape index (κ3) is 5.19. The minimum atomic E-state index is -0.223. The van der Waals surface area contributed by atoms with Gasteiger partial charge in [-0.15, -0.1) is 11.7 Å². The lowest BCUT2D eigenvalue weighted by Crippen LogP contribution is -2.44. The Labute approximate surface area is 226 Å². The number of aromatic nitrogens is 4. The monoisotopic (exact) mass is 527 g/mol. The molecule has 1 fully saturated rings. The van der Waals surface area contributed by atoms with Crippen molar-refractivity contribution in [3.8, 4) is 5.69 Å². The molecule has 6 N–H and O–H groups in total. The van der Waals surface area contributed by atoms with Gasteiger partial charge in [-0.05, 0) is 49.9 Å². The number of anilines is 3. The van der Waals surface area contributed by atoms with Crippen LogP contribution in [0.5, 0.6) is 0 Å². The van der Waals surface area contributed by atoms with Crippen LogP contribution in [0.2, 0.25) is 0 Å². The van der Waals surface area contributed by atoms with Crippen LogP contribution in [0.25, 0.3) is 16.7 Å². The van der Waals surface area contributed by atoms with Crippen LogP contribution in [0.15, 0.2) is 71.2 Å². The quantitative estimate of drug-likeness (QED) is 0.0883. The van der Waals surface area contributed by atoms with Crippen molar-refractivity contribution in [2.24, 2.45) is 16.7 Å². The van der Waals surface area contributed by atoms with Crippen LogP contribution >= 0.6 is 0 Å². The van der Waals surface area contributed by atoms with Gasteiger partial charge in [-0.2, -0.15) is 4.98 Å². The first-order chi connectivity index (χ1) is 18.9. The topological polar surface area (TPSA) is 148 Å². The van der Waals surface area contributed by atoms with E-state index in [4.69, 9.17) is 16.6 Å². The standard InChI is InChI=1S/C27H33N11O/c1-4-10-37-26(39)22-17-30-27(31-20-8-9-23(18(2)15-20)36-13-11-35(3)12-14-36)32-25(22)38(37)21-7-5-6-19(16-21)24(28)33-34-29/h4-9,15-17,34H,1,10-14,29H2,2-3H3,(H2,28,33)(H,30,31,32). The Morgan fingerprint density at radius 3 is 2.69 bits per heavy atom. The molecule has 2 aromatic carbocycles. The van der Waals surface area contributed by atoms with Crippen molar-refractivity contribution in [2.75, 3.05) is 43.4 Å². The number of likely N-dealkylation sites (N-methyl/N-ethyl adjacent to an activating group) is 1. The zero-order valence-corrected chi connectivity index (χ0v) is 22.1. The fourth-order valence-corrected chi connectivity index (χ4v) is 4.83. The van der Waals surface area contributed by atoms with Gasteiger partial charge in [-0.3, -0.25) is 4.79 Å². The molecular weight excluding hydrogens is 494 g/mol. The average Bonchev–Trinajstić information content (AvgIpc) is 3.20. The molecule has 0 atom stereocenters. The largest absolute Gasteiger partial charge is 0.382 e. The number of hydrazone groups is 1. The number of benzene rings is 2. The van der Waals surface area contributed by atoms with Crippen molar-refractivity contribution >= 4 is 34.2 Å². The highest BCUT2D eigenvalue weighted by atomic mass is 16.1. The maximum Gasteiger partial charge on any atom is 0.278 e. The lowest BCUT2D eigenvalue weighted by atomic mass is 10.1. The molecule has 1 saturated heterocycles. The fraction of sp³-hybridized carbons (Fsp3) is 0.259. The second-order valence-electron chi connectivity index (χ2n) is 9.51. The van der Waals surface area contributed by atoms with Gasteiger partial charge in [-0.25, -0.2) is 25.7 Å². The lowest BCUT2D eigenvalue weighted by Gasteiger charge is -2.35. The Kier molecular flexibility index (Phi) is 7.30. The van der Waals surface area contributed by atoms with Crippen molar-refractivity contribution in [3.05, 3.63) is 82.8 Å². The summed E-state index contributed by atoms with van der Waals surface area (Å²) in [6.45, 7) is 10.3. The maximum absolute atomic E-state index is 13.3. The number of piperazine rings is 1. The highest BCUT2D eigenvalue weighted by Crippen LogP contribution is 2.26. The molecule has 0 spiro atoms. The molecule has 3 heterocycles. The molecule has 12 nitrogen and oxygen atoms in total. The highest BCUT2D eigenvalue weighted by Gasteiger charge is 2.19. The van der Waals surface area contributed by atoms with E-state index < -0.39 is 0 Å². The van der Waals surface area contributed by atoms with Crippen LogP contribution < -0.4 is 32.9 Å². The Morgan fingerprint density at radius 2 is 1.97 bits per heavy atom. The predicted molar refractivity (Wildman–Crippen MR) is 156 cm³/mol. The van der Waals surface area contributed by atoms with E-state index >= 15 is 0 Å². The average molecular weight is 528 g/mol. The SMILES string of the molecule is C=CCn1c(=O)c2cnc(Nc3ccc(N4CCN(C)CC4)c(C)c3)nc2n1-c1cccc(/C(N)=N/NN)c1. The molecule has 39 heavy (non-hydrogen) atoms. The lowest BCUT2D eigenvalue weighted by molar-refractivity contribution is 0.312. The number of hydrazine groups is 1. The summed E-state index contributed by atoms with van der Waals surface area (Å²) in [5.41, 5.74) is 13.0. The first-order valence-corrected chi connectivity index (χ1v) is 12.7. The number of hydrogen-bond acceptors (Lipinski definition) is 9. The number of allylic oxidation sites excluding steroid dienone is 1. The summed E-state index contributed by atoms with van der Waals surface area (Å²) in [5, 5.41) is 7.54. The van der Waals surface area contributed by atoms with Gasteiger partial charge >= 0.3 is 0 Å². The molecule has 0 bridgehead atoms. The van der Waals surface area contributed by atoms with Gasteiger partial charge in [0.25, 0.3) is 5.56 Å². The summed E-state index contributed by atoms with van der Waals surface area (Å²) >= 11 is 0. The number of hydrogen-bond donors (Lipinski definition) is 4. The number of fused-ring (bicyclic) bond motifs is 1. The van der Waals surface area contributed by atoms with E-state index in [-0.39, 0.29) is 17.9 Å². The zero-order valence-electron chi connectivity index (χ0n) is 22.1. The molecule has 0 saturated carbocycles. The molecule has 12 heteroatoms. The van der Waals surface area contributed by atoms with Crippen LogP contribution in [0.4, 0.5) is 17.3 Å². The Bertz CT molecular complexity index is 1600. The van der Waals surface area contributed by atoms with Crippen LogP contribution in [0.1, 0.15) is 11.1 Å². The zero-order chi connectivity index (χ0) is 27.5. The van der Waals surface area contributed by atoms with Crippen LogP contribution in [-0.4, -0.2) is 63.3 Å². The van der Waals surface area contributed by atoms with Crippen LogP contribution in [0.3, 0.4) is 0 Å². The number of rotatable bonds is 8. The third-order valence-electron chi connectivity index (χ3n) is 6.85. The van der Waals surface area contributed by atoms with Gasteiger partial charge in [0.2, 0.25) is 5.95 Å². The Morgan fingerprint density at radius 1 is 1.18 bits per heavy atom. The summed E-state index contributed by atoms with van der Waals surface area (Å²) in [7, 11) is 2.15. The van der Waals surface area contributed by atoms with Gasteiger partial charge in [0.15, 0.2) is 11.5 Å². The van der Waals surface area contributed by atoms with E-state index in [1.807, 2.05) is 24.3 Å². The van der Waals surface area contributed by atoms with Gasteiger partial charge in [0, 0.05) is 49.3 Å². The van der Waals surface area contributed by atoms with Crippen LogP contribution in [-0.2, 0) is 6.54 Å². The summed E-state index contributed by atoms with van der Waals surface area (Å²) in [6, 6.07) is 13.5. The fourth-order valence-electron chi connectivity index (χ4n) is 4.83. The van der Waals surface area contributed by atoms with Gasteiger partial charge in [0.05, 0.1) is 12.2 Å². The van der Waals surface area contributed by atoms with Crippen molar-refractivity contribution in [3.63, 3.8) is 0 Å². The Balaban J connectivity index is 1.52. The van der Waals surface area contributed by atoms with Crippen molar-refractivity contribution in [1.82, 2.24) is 29.8 Å². The molecular formula is C27H33N11O. The van der Waals surface area contributed by atoms with E-state index in [1.165, 1.54) is 11.3 Å². The van der Waals surface area contributed by atoms with Crippen molar-refractivity contribution < 1.29 is 0 Å².